The smallest absolute Gasteiger partial charge is 0.410 e. The van der Waals surface area contributed by atoms with Gasteiger partial charge >= 0.3 is 6.09 Å². The Hall–Kier alpha value is -2.04. The Morgan fingerprint density at radius 3 is 2.40 bits per heavy atom. The highest BCUT2D eigenvalue weighted by Crippen LogP contribution is 2.22. The van der Waals surface area contributed by atoms with Crippen LogP contribution < -0.4 is 10.1 Å². The van der Waals surface area contributed by atoms with Crippen LogP contribution in [0.15, 0.2) is 54.6 Å². The van der Waals surface area contributed by atoms with E-state index in [1.165, 1.54) is 5.56 Å². The summed E-state index contributed by atoms with van der Waals surface area (Å²) < 4.78 is 5.42. The van der Waals surface area contributed by atoms with Crippen LogP contribution in [0.25, 0.3) is 0 Å². The number of ether oxygens (including phenoxy) is 1. The summed E-state index contributed by atoms with van der Waals surface area (Å²) in [5.74, 6) is 0.561. The van der Waals surface area contributed by atoms with Gasteiger partial charge in [-0.25, -0.2) is 4.79 Å². The zero-order valence-electron chi connectivity index (χ0n) is 15.2. The van der Waals surface area contributed by atoms with Gasteiger partial charge in [-0.1, -0.05) is 42.5 Å². The molecule has 136 valence electrons. The summed E-state index contributed by atoms with van der Waals surface area (Å²) >= 11 is 0. The lowest BCUT2D eigenvalue weighted by Gasteiger charge is -2.20. The maximum Gasteiger partial charge on any atom is 0.412 e. The van der Waals surface area contributed by atoms with Gasteiger partial charge in [-0.05, 0) is 57.6 Å². The van der Waals surface area contributed by atoms with Gasteiger partial charge in [0.05, 0.1) is 0 Å². The van der Waals surface area contributed by atoms with E-state index in [9.17, 15) is 4.79 Å². The monoisotopic (exact) mass is 362 g/mol. The zero-order valence-corrected chi connectivity index (χ0v) is 16.0. The molecule has 0 bridgehead atoms. The van der Waals surface area contributed by atoms with Crippen LogP contribution in [0, 0.1) is 0 Å². The molecular formula is C20H27ClN2O2. The van der Waals surface area contributed by atoms with Crippen molar-refractivity contribution in [1.82, 2.24) is 10.2 Å². The molecule has 0 spiro atoms. The van der Waals surface area contributed by atoms with Crippen molar-refractivity contribution in [3.63, 3.8) is 0 Å². The lowest BCUT2D eigenvalue weighted by atomic mass is 10.1. The van der Waals surface area contributed by atoms with Gasteiger partial charge in [-0.2, -0.15) is 0 Å². The summed E-state index contributed by atoms with van der Waals surface area (Å²) in [5.41, 5.74) is 2.30. The number of rotatable bonds is 6. The Morgan fingerprint density at radius 2 is 1.76 bits per heavy atom. The second-order valence-corrected chi connectivity index (χ2v) is 6.34. The summed E-state index contributed by atoms with van der Waals surface area (Å²) in [5, 5.41) is 2.88. The minimum Gasteiger partial charge on any atom is -0.410 e. The van der Waals surface area contributed by atoms with Crippen molar-refractivity contribution in [2.24, 2.45) is 0 Å². The van der Waals surface area contributed by atoms with Crippen LogP contribution in [0.5, 0.6) is 5.75 Å². The summed E-state index contributed by atoms with van der Waals surface area (Å²) in [6, 6.07) is 18.0. The Morgan fingerprint density at radius 1 is 1.08 bits per heavy atom. The Kier molecular flexibility index (Phi) is 8.46. The topological polar surface area (TPSA) is 41.6 Å². The van der Waals surface area contributed by atoms with Crippen LogP contribution in [-0.2, 0) is 6.42 Å². The lowest BCUT2D eigenvalue weighted by molar-refractivity contribution is 0.196. The first-order chi connectivity index (χ1) is 11.5. The minimum atomic E-state index is -0.423. The van der Waals surface area contributed by atoms with Crippen LogP contribution in [0.1, 0.15) is 31.0 Å². The van der Waals surface area contributed by atoms with Crippen LogP contribution in [0.2, 0.25) is 0 Å². The second-order valence-electron chi connectivity index (χ2n) is 6.34. The van der Waals surface area contributed by atoms with Gasteiger partial charge in [0.2, 0.25) is 0 Å². The van der Waals surface area contributed by atoms with Gasteiger partial charge in [0.15, 0.2) is 0 Å². The van der Waals surface area contributed by atoms with E-state index in [1.54, 1.807) is 6.07 Å². The Labute approximate surface area is 156 Å². The van der Waals surface area contributed by atoms with Crippen molar-refractivity contribution in [2.75, 3.05) is 14.1 Å². The van der Waals surface area contributed by atoms with Crippen molar-refractivity contribution < 1.29 is 9.53 Å². The largest absolute Gasteiger partial charge is 0.412 e. The van der Waals surface area contributed by atoms with E-state index in [0.29, 0.717) is 5.75 Å². The van der Waals surface area contributed by atoms with Crippen LogP contribution >= 0.6 is 12.4 Å². The third-order valence-electron chi connectivity index (χ3n) is 4.07. The van der Waals surface area contributed by atoms with E-state index >= 15 is 0 Å². The molecule has 0 heterocycles. The van der Waals surface area contributed by atoms with Crippen LogP contribution in [0.4, 0.5) is 4.79 Å². The van der Waals surface area contributed by atoms with Crippen molar-refractivity contribution in [3.05, 3.63) is 65.7 Å². The first kappa shape index (κ1) is 21.0. The van der Waals surface area contributed by atoms with Crippen molar-refractivity contribution in [2.45, 2.75) is 32.4 Å². The number of carbonyl (C=O) groups is 1. The van der Waals surface area contributed by atoms with Crippen molar-refractivity contribution in [3.8, 4) is 5.75 Å². The van der Waals surface area contributed by atoms with Crippen LogP contribution in [-0.4, -0.2) is 31.1 Å². The highest BCUT2D eigenvalue weighted by atomic mass is 35.5. The maximum atomic E-state index is 12.1. The Balaban J connectivity index is 0.00000312. The average Bonchev–Trinajstić information content (AvgIpc) is 2.54. The second kappa shape index (κ2) is 10.1. The first-order valence-corrected chi connectivity index (χ1v) is 8.24. The molecule has 5 heteroatoms. The van der Waals surface area contributed by atoms with Gasteiger partial charge in [0.1, 0.15) is 5.75 Å². The number of carbonyl (C=O) groups excluding carboxylic acids is 1. The summed E-state index contributed by atoms with van der Waals surface area (Å²) in [6.45, 7) is 4.08. The quantitative estimate of drug-likeness (QED) is 0.825. The van der Waals surface area contributed by atoms with E-state index in [0.717, 1.165) is 12.0 Å². The molecule has 0 aliphatic rings. The number of hydrogen-bond donors (Lipinski definition) is 1. The predicted octanol–water partition coefficient (Wildman–Crippen LogP) is 4.45. The molecule has 0 radical (unpaired) electrons. The van der Waals surface area contributed by atoms with E-state index < -0.39 is 6.09 Å². The number of halogens is 1. The highest BCUT2D eigenvalue weighted by molar-refractivity contribution is 5.85. The van der Waals surface area contributed by atoms with Crippen LogP contribution in [0.3, 0.4) is 0 Å². The molecule has 0 aromatic heterocycles. The average molecular weight is 363 g/mol. The van der Waals surface area contributed by atoms with Gasteiger partial charge in [-0.3, -0.25) is 0 Å². The maximum absolute atomic E-state index is 12.1. The fourth-order valence-electron chi connectivity index (χ4n) is 2.49. The molecule has 2 aromatic carbocycles. The van der Waals surface area contributed by atoms with Gasteiger partial charge < -0.3 is 15.0 Å². The fourth-order valence-corrected chi connectivity index (χ4v) is 2.49. The van der Waals surface area contributed by atoms with Gasteiger partial charge in [0, 0.05) is 12.1 Å². The molecule has 2 aromatic rings. The molecular weight excluding hydrogens is 336 g/mol. The molecule has 0 aliphatic carbocycles. The van der Waals surface area contributed by atoms with E-state index in [-0.39, 0.29) is 24.5 Å². The molecule has 0 aliphatic heterocycles. The summed E-state index contributed by atoms with van der Waals surface area (Å²) in [6.07, 6.45) is 0.348. The minimum absolute atomic E-state index is 0. The summed E-state index contributed by atoms with van der Waals surface area (Å²) in [7, 11) is 4.05. The number of hydrogen-bond acceptors (Lipinski definition) is 3. The number of amides is 1. The third-order valence-corrected chi connectivity index (χ3v) is 4.07. The molecule has 4 nitrogen and oxygen atoms in total. The molecule has 0 unspecified atom stereocenters. The van der Waals surface area contributed by atoms with Gasteiger partial charge in [0.25, 0.3) is 0 Å². The molecule has 1 N–H and O–H groups in total. The normalized spacial score (nSPS) is 12.8. The van der Waals surface area contributed by atoms with E-state index in [2.05, 4.69) is 29.3 Å². The molecule has 2 rings (SSSR count). The molecule has 0 saturated heterocycles. The summed E-state index contributed by atoms with van der Waals surface area (Å²) in [4.78, 5) is 14.2. The molecule has 0 saturated carbocycles. The van der Waals surface area contributed by atoms with Crippen molar-refractivity contribution >= 4 is 18.5 Å². The third kappa shape index (κ3) is 6.77. The number of nitrogens with zero attached hydrogens (tertiary/aromatic N) is 1. The number of benzene rings is 2. The molecule has 1 amide bonds. The number of nitrogens with one attached hydrogen (secondary N) is 1. The first-order valence-electron chi connectivity index (χ1n) is 8.24. The van der Waals surface area contributed by atoms with E-state index in [1.807, 2.05) is 57.4 Å². The predicted molar refractivity (Wildman–Crippen MR) is 105 cm³/mol. The molecule has 0 fully saturated rings. The zero-order chi connectivity index (χ0) is 17.5. The fraction of sp³-hybridized carbons (Fsp3) is 0.350. The van der Waals surface area contributed by atoms with Gasteiger partial charge in [-0.15, -0.1) is 12.4 Å². The standard InChI is InChI=1S/C20H26N2O2.ClH/c1-15(13-17-9-6-5-7-10-17)21-20(23)24-19-12-8-11-18(14-19)16(2)22(3)4;/h5-12,14-16H,13H2,1-4H3,(H,21,23);1H/t15-,16-;/m0./s1. The Bertz CT molecular complexity index is 662. The highest BCUT2D eigenvalue weighted by Gasteiger charge is 2.12. The van der Waals surface area contributed by atoms with E-state index in [4.69, 9.17) is 4.74 Å². The molecule has 25 heavy (non-hydrogen) atoms. The van der Waals surface area contributed by atoms with Crippen molar-refractivity contribution in [1.29, 1.82) is 0 Å². The lowest BCUT2D eigenvalue weighted by Crippen LogP contribution is -2.36. The SMILES string of the molecule is C[C@@H](Cc1ccccc1)NC(=O)Oc1cccc([C@H](C)N(C)C)c1.Cl. The molecule has 2 atom stereocenters.